The average molecular weight is 922 g/mol. The summed E-state index contributed by atoms with van der Waals surface area (Å²) in [5, 5.41) is 4.41. The molecule has 11 atom stereocenters. The standard InChI is InChI=1S/C54H55N3O9S/c1-37-27-29-43(30-28-37)67-54-46(56-57-55)49(59-32-39-19-9-3-10-20-39)47(44(64-54)35-58-31-38-17-7-2-8-18-38)66-53-51(61-34-41-23-13-5-14-24-41)50(60-33-40-21-11-4-12-22-40)48-45(63-53)36-62-52(65-48)42-25-15-6-16-26-42/h2-30,44-54H,31-36H2,1H3/t44-,45-,46-,47-,48-,49-,50+,51+,52?,53?,54-/m1/s1. The summed E-state index contributed by atoms with van der Waals surface area (Å²) in [6, 6.07) is 56.9. The molecule has 0 spiro atoms. The maximum Gasteiger partial charge on any atom is 0.187 e. The van der Waals surface area contributed by atoms with E-state index in [1.54, 1.807) is 0 Å². The van der Waals surface area contributed by atoms with Gasteiger partial charge in [0, 0.05) is 15.4 Å². The van der Waals surface area contributed by atoms with Crippen molar-refractivity contribution >= 4 is 11.8 Å². The smallest absolute Gasteiger partial charge is 0.187 e. The molecule has 3 aliphatic rings. The second-order valence-electron chi connectivity index (χ2n) is 16.8. The zero-order valence-corrected chi connectivity index (χ0v) is 38.1. The maximum atomic E-state index is 10.2. The van der Waals surface area contributed by atoms with Crippen LogP contribution in [0.4, 0.5) is 0 Å². The van der Waals surface area contributed by atoms with E-state index in [9.17, 15) is 5.53 Å². The van der Waals surface area contributed by atoms with Gasteiger partial charge in [-0.05, 0) is 46.8 Å². The molecule has 3 saturated heterocycles. The topological polar surface area (TPSA) is 132 Å². The number of ether oxygens (including phenoxy) is 9. The molecule has 3 aliphatic heterocycles. The van der Waals surface area contributed by atoms with Crippen LogP contribution in [0.1, 0.15) is 39.7 Å². The van der Waals surface area contributed by atoms with E-state index in [-0.39, 0.29) is 33.0 Å². The molecule has 6 aromatic rings. The molecular formula is C54H55N3O9S. The zero-order chi connectivity index (χ0) is 45.6. The van der Waals surface area contributed by atoms with E-state index in [0.717, 1.165) is 38.3 Å². The predicted octanol–water partition coefficient (Wildman–Crippen LogP) is 10.7. The Morgan fingerprint density at radius 3 is 1.67 bits per heavy atom. The number of aryl methyl sites for hydroxylation is 1. The Kier molecular flexibility index (Phi) is 16.4. The average Bonchev–Trinajstić information content (AvgIpc) is 3.38. The van der Waals surface area contributed by atoms with Crippen LogP contribution in [0.15, 0.2) is 186 Å². The van der Waals surface area contributed by atoms with Crippen molar-refractivity contribution in [1.82, 2.24) is 0 Å². The summed E-state index contributed by atoms with van der Waals surface area (Å²) in [7, 11) is 0. The molecule has 12 nitrogen and oxygen atoms in total. The third-order valence-electron chi connectivity index (χ3n) is 12.0. The highest BCUT2D eigenvalue weighted by molar-refractivity contribution is 7.99. The normalized spacial score (nSPS) is 27.1. The number of benzene rings is 6. The van der Waals surface area contributed by atoms with Gasteiger partial charge in [-0.15, -0.1) is 0 Å². The molecule has 0 saturated carbocycles. The third-order valence-corrected chi connectivity index (χ3v) is 13.1. The van der Waals surface area contributed by atoms with Crippen LogP contribution in [0.3, 0.4) is 0 Å². The van der Waals surface area contributed by atoms with Crippen LogP contribution in [-0.4, -0.2) is 73.7 Å². The number of hydrogen-bond donors (Lipinski definition) is 0. The summed E-state index contributed by atoms with van der Waals surface area (Å²) in [5.41, 5.74) is 15.4. The third kappa shape index (κ3) is 12.4. The first-order valence-corrected chi connectivity index (χ1v) is 23.6. The fraction of sp³-hybridized carbons (Fsp3) is 0.333. The molecule has 13 heteroatoms. The predicted molar refractivity (Wildman–Crippen MR) is 253 cm³/mol. The van der Waals surface area contributed by atoms with Crippen molar-refractivity contribution < 1.29 is 42.6 Å². The fourth-order valence-corrected chi connectivity index (χ4v) is 9.64. The molecular weight excluding hydrogens is 867 g/mol. The largest absolute Gasteiger partial charge is 0.374 e. The number of hydrogen-bond acceptors (Lipinski definition) is 11. The Hall–Kier alpha value is -5.38. The second-order valence-corrected chi connectivity index (χ2v) is 17.9. The Morgan fingerprint density at radius 2 is 1.10 bits per heavy atom. The van der Waals surface area contributed by atoms with Crippen molar-refractivity contribution in [2.45, 2.75) is 105 Å². The van der Waals surface area contributed by atoms with Crippen LogP contribution >= 0.6 is 11.8 Å². The number of rotatable bonds is 19. The van der Waals surface area contributed by atoms with Gasteiger partial charge in [0.05, 0.1) is 45.7 Å². The van der Waals surface area contributed by atoms with Gasteiger partial charge < -0.3 is 42.6 Å². The highest BCUT2D eigenvalue weighted by Gasteiger charge is 2.55. The molecule has 346 valence electrons. The van der Waals surface area contributed by atoms with Gasteiger partial charge in [-0.25, -0.2) is 0 Å². The Balaban J connectivity index is 1.09. The summed E-state index contributed by atoms with van der Waals surface area (Å²) in [4.78, 5) is 4.31. The maximum absolute atomic E-state index is 10.2. The van der Waals surface area contributed by atoms with Crippen molar-refractivity contribution in [3.8, 4) is 0 Å². The number of azide groups is 1. The molecule has 0 radical (unpaired) electrons. The molecule has 0 aromatic heterocycles. The molecule has 67 heavy (non-hydrogen) atoms. The molecule has 3 heterocycles. The van der Waals surface area contributed by atoms with Gasteiger partial charge in [-0.2, -0.15) is 0 Å². The van der Waals surface area contributed by atoms with Crippen molar-refractivity contribution in [2.24, 2.45) is 5.11 Å². The lowest BCUT2D eigenvalue weighted by Gasteiger charge is -2.51. The van der Waals surface area contributed by atoms with Gasteiger partial charge >= 0.3 is 0 Å². The molecule has 9 rings (SSSR count). The summed E-state index contributed by atoms with van der Waals surface area (Å²) < 4.78 is 61.8. The van der Waals surface area contributed by atoms with Gasteiger partial charge in [0.1, 0.15) is 48.1 Å². The van der Waals surface area contributed by atoms with Crippen LogP contribution in [0, 0.1) is 6.92 Å². The number of thioether (sulfide) groups is 1. The minimum absolute atomic E-state index is 0.117. The Morgan fingerprint density at radius 1 is 0.582 bits per heavy atom. The van der Waals surface area contributed by atoms with Crippen molar-refractivity contribution in [2.75, 3.05) is 13.2 Å². The lowest BCUT2D eigenvalue weighted by atomic mass is 9.95. The van der Waals surface area contributed by atoms with Crippen LogP contribution in [0.2, 0.25) is 0 Å². The first-order valence-electron chi connectivity index (χ1n) is 22.7. The van der Waals surface area contributed by atoms with E-state index in [1.165, 1.54) is 11.8 Å². The first kappa shape index (κ1) is 46.7. The van der Waals surface area contributed by atoms with E-state index in [2.05, 4.69) is 10.0 Å². The van der Waals surface area contributed by atoms with Crippen molar-refractivity contribution in [3.63, 3.8) is 0 Å². The minimum atomic E-state index is -1.08. The molecule has 0 aliphatic carbocycles. The summed E-state index contributed by atoms with van der Waals surface area (Å²) in [6.45, 7) is 3.39. The van der Waals surface area contributed by atoms with Gasteiger partial charge in [0.15, 0.2) is 12.6 Å². The monoisotopic (exact) mass is 921 g/mol. The molecule has 6 aromatic carbocycles. The van der Waals surface area contributed by atoms with Crippen LogP contribution in [-0.2, 0) is 69.1 Å². The van der Waals surface area contributed by atoms with E-state index >= 15 is 0 Å². The molecule has 0 amide bonds. The first-order chi connectivity index (χ1) is 33.1. The summed E-state index contributed by atoms with van der Waals surface area (Å²) in [5.74, 6) is 0. The Labute approximate surface area is 396 Å². The van der Waals surface area contributed by atoms with E-state index < -0.39 is 66.8 Å². The highest BCUT2D eigenvalue weighted by Crippen LogP contribution is 2.42. The summed E-state index contributed by atoms with van der Waals surface area (Å²) >= 11 is 1.47. The van der Waals surface area contributed by atoms with E-state index in [1.807, 2.05) is 183 Å². The lowest BCUT2D eigenvalue weighted by molar-refractivity contribution is -0.386. The van der Waals surface area contributed by atoms with Crippen molar-refractivity contribution in [1.29, 1.82) is 0 Å². The number of fused-ring (bicyclic) bond motifs is 1. The van der Waals surface area contributed by atoms with Crippen LogP contribution in [0.25, 0.3) is 10.4 Å². The Bertz CT molecular complexity index is 2440. The van der Waals surface area contributed by atoms with Gasteiger partial charge in [0.25, 0.3) is 0 Å². The van der Waals surface area contributed by atoms with Gasteiger partial charge in [0.2, 0.25) is 0 Å². The molecule has 2 unspecified atom stereocenters. The number of nitrogens with zero attached hydrogens (tertiary/aromatic N) is 3. The van der Waals surface area contributed by atoms with Gasteiger partial charge in [-0.1, -0.05) is 186 Å². The van der Waals surface area contributed by atoms with Gasteiger partial charge in [-0.3, -0.25) is 0 Å². The van der Waals surface area contributed by atoms with Crippen LogP contribution in [0.5, 0.6) is 0 Å². The quantitative estimate of drug-likeness (QED) is 0.0439. The molecule has 0 bridgehead atoms. The lowest BCUT2D eigenvalue weighted by Crippen LogP contribution is -2.66. The van der Waals surface area contributed by atoms with E-state index in [0.29, 0.717) is 6.61 Å². The SMILES string of the molecule is Cc1ccc(S[C@H]2O[C@H](COCc3ccccc3)[C@@H](OC3O[C@@H]4COC(c5ccccc5)O[C@H]4[C@H](OCc4ccccc4)[C@@H]3OCc3ccccc3)[C@H](OCc3ccccc3)[C@H]2N=[N+]=[N-])cc1. The van der Waals surface area contributed by atoms with Crippen LogP contribution < -0.4 is 0 Å². The summed E-state index contributed by atoms with van der Waals surface area (Å²) in [6.07, 6.45) is -7.04. The molecule has 3 fully saturated rings. The van der Waals surface area contributed by atoms with E-state index in [4.69, 9.17) is 42.6 Å². The zero-order valence-electron chi connectivity index (χ0n) is 37.3. The fourth-order valence-electron chi connectivity index (χ4n) is 8.54. The second kappa shape index (κ2) is 23.6. The minimum Gasteiger partial charge on any atom is -0.374 e. The molecule has 0 N–H and O–H groups in total. The van der Waals surface area contributed by atoms with Crippen molar-refractivity contribution in [3.05, 3.63) is 220 Å². The highest BCUT2D eigenvalue weighted by atomic mass is 32.2.